The van der Waals surface area contributed by atoms with Gasteiger partial charge in [-0.1, -0.05) is 17.7 Å². The summed E-state index contributed by atoms with van der Waals surface area (Å²) in [6, 6.07) is 14.0. The summed E-state index contributed by atoms with van der Waals surface area (Å²) in [5.74, 6) is 0.502. The molecule has 1 aliphatic heterocycles. The summed E-state index contributed by atoms with van der Waals surface area (Å²) in [5, 5.41) is 0.579. The van der Waals surface area contributed by atoms with Gasteiger partial charge in [0.2, 0.25) is 5.95 Å². The number of ketones is 1. The summed E-state index contributed by atoms with van der Waals surface area (Å²) >= 11 is 5.92. The van der Waals surface area contributed by atoms with Gasteiger partial charge in [0.1, 0.15) is 0 Å². The SMILES string of the molecule is Nc1ccc(-c2ccnc(N3CCOCC3)n2)cc1C(=O)c1ccc(Cl)cc1. The Morgan fingerprint density at radius 2 is 1.82 bits per heavy atom. The van der Waals surface area contributed by atoms with Crippen LogP contribution < -0.4 is 10.6 Å². The topological polar surface area (TPSA) is 81.3 Å². The molecule has 1 aromatic heterocycles. The number of hydrogen-bond donors (Lipinski definition) is 1. The number of anilines is 2. The monoisotopic (exact) mass is 394 g/mol. The minimum atomic E-state index is -0.154. The molecular formula is C21H19ClN4O2. The Morgan fingerprint density at radius 3 is 2.57 bits per heavy atom. The number of nitrogens with zero attached hydrogens (tertiary/aromatic N) is 3. The van der Waals surface area contributed by atoms with Crippen molar-refractivity contribution >= 4 is 29.0 Å². The van der Waals surface area contributed by atoms with Gasteiger partial charge in [-0.05, 0) is 42.5 Å². The van der Waals surface area contributed by atoms with Crippen LogP contribution in [-0.2, 0) is 4.74 Å². The second kappa shape index (κ2) is 7.96. The number of ether oxygens (including phenoxy) is 1. The van der Waals surface area contributed by atoms with Gasteiger partial charge in [-0.3, -0.25) is 4.79 Å². The fourth-order valence-electron chi connectivity index (χ4n) is 3.09. The van der Waals surface area contributed by atoms with E-state index in [1.807, 2.05) is 12.1 Å². The van der Waals surface area contributed by atoms with E-state index in [-0.39, 0.29) is 5.78 Å². The van der Waals surface area contributed by atoms with Crippen LogP contribution in [0.15, 0.2) is 54.7 Å². The van der Waals surface area contributed by atoms with Gasteiger partial charge in [-0.15, -0.1) is 0 Å². The average molecular weight is 395 g/mol. The molecule has 0 unspecified atom stereocenters. The van der Waals surface area contributed by atoms with E-state index in [0.717, 1.165) is 24.3 Å². The zero-order valence-corrected chi connectivity index (χ0v) is 15.9. The molecule has 4 rings (SSSR count). The standard InChI is InChI=1S/C21H19ClN4O2/c22-16-4-1-14(2-5-16)20(27)17-13-15(3-6-18(17)23)19-7-8-24-21(25-19)26-9-11-28-12-10-26/h1-8,13H,9-12,23H2. The van der Waals surface area contributed by atoms with Crippen LogP contribution >= 0.6 is 11.6 Å². The van der Waals surface area contributed by atoms with Crippen LogP contribution in [0.5, 0.6) is 0 Å². The second-order valence-corrected chi connectivity index (χ2v) is 6.92. The number of hydrogen-bond acceptors (Lipinski definition) is 6. The van der Waals surface area contributed by atoms with E-state index in [2.05, 4.69) is 14.9 Å². The van der Waals surface area contributed by atoms with Crippen molar-refractivity contribution in [1.29, 1.82) is 0 Å². The maximum Gasteiger partial charge on any atom is 0.226 e. The number of carbonyl (C=O) groups excluding carboxylic acids is 1. The highest BCUT2D eigenvalue weighted by Gasteiger charge is 2.17. The van der Waals surface area contributed by atoms with E-state index in [9.17, 15) is 4.79 Å². The smallest absolute Gasteiger partial charge is 0.226 e. The predicted molar refractivity (Wildman–Crippen MR) is 110 cm³/mol. The molecule has 28 heavy (non-hydrogen) atoms. The molecule has 0 amide bonds. The third kappa shape index (κ3) is 3.83. The van der Waals surface area contributed by atoms with Crippen LogP contribution in [0.3, 0.4) is 0 Å². The Kier molecular flexibility index (Phi) is 5.23. The molecule has 2 heterocycles. The lowest BCUT2D eigenvalue weighted by atomic mass is 9.98. The highest BCUT2D eigenvalue weighted by molar-refractivity contribution is 6.30. The minimum Gasteiger partial charge on any atom is -0.398 e. The molecule has 1 saturated heterocycles. The van der Waals surface area contributed by atoms with Crippen molar-refractivity contribution in [2.75, 3.05) is 36.9 Å². The Balaban J connectivity index is 1.67. The molecule has 2 N–H and O–H groups in total. The number of nitrogens with two attached hydrogens (primary N) is 1. The highest BCUT2D eigenvalue weighted by atomic mass is 35.5. The van der Waals surface area contributed by atoms with Gasteiger partial charge in [-0.25, -0.2) is 9.97 Å². The minimum absolute atomic E-state index is 0.154. The lowest BCUT2D eigenvalue weighted by Crippen LogP contribution is -2.37. The summed E-state index contributed by atoms with van der Waals surface area (Å²) in [7, 11) is 0. The maximum absolute atomic E-state index is 12.9. The predicted octanol–water partition coefficient (Wildman–Crippen LogP) is 3.45. The third-order valence-corrected chi connectivity index (χ3v) is 4.89. The van der Waals surface area contributed by atoms with Gasteiger partial charge in [0.25, 0.3) is 0 Å². The molecular weight excluding hydrogens is 376 g/mol. The zero-order chi connectivity index (χ0) is 19.5. The van der Waals surface area contributed by atoms with E-state index in [4.69, 9.17) is 22.1 Å². The normalized spacial score (nSPS) is 14.1. The van der Waals surface area contributed by atoms with E-state index < -0.39 is 0 Å². The highest BCUT2D eigenvalue weighted by Crippen LogP contribution is 2.26. The van der Waals surface area contributed by atoms with Crippen molar-refractivity contribution < 1.29 is 9.53 Å². The van der Waals surface area contributed by atoms with Crippen LogP contribution in [0.2, 0.25) is 5.02 Å². The molecule has 142 valence electrons. The van der Waals surface area contributed by atoms with Crippen LogP contribution in [0.25, 0.3) is 11.3 Å². The number of morpholine rings is 1. The Morgan fingerprint density at radius 1 is 1.07 bits per heavy atom. The molecule has 0 aliphatic carbocycles. The first-order chi connectivity index (χ1) is 13.6. The van der Waals surface area contributed by atoms with Gasteiger partial charge in [0.15, 0.2) is 5.78 Å². The van der Waals surface area contributed by atoms with Crippen LogP contribution in [0.4, 0.5) is 11.6 Å². The van der Waals surface area contributed by atoms with E-state index >= 15 is 0 Å². The van der Waals surface area contributed by atoms with Gasteiger partial charge < -0.3 is 15.4 Å². The lowest BCUT2D eigenvalue weighted by Gasteiger charge is -2.26. The maximum atomic E-state index is 12.9. The van der Waals surface area contributed by atoms with E-state index in [1.165, 1.54) is 0 Å². The van der Waals surface area contributed by atoms with Crippen molar-refractivity contribution in [2.24, 2.45) is 0 Å². The summed E-state index contributed by atoms with van der Waals surface area (Å²) < 4.78 is 5.38. The molecule has 2 aromatic carbocycles. The Hall–Kier alpha value is -2.96. The number of carbonyl (C=O) groups is 1. The largest absolute Gasteiger partial charge is 0.398 e. The molecule has 0 bridgehead atoms. The first-order valence-electron chi connectivity index (χ1n) is 8.98. The van der Waals surface area contributed by atoms with E-state index in [0.29, 0.717) is 41.0 Å². The van der Waals surface area contributed by atoms with Crippen molar-refractivity contribution in [2.45, 2.75) is 0 Å². The number of aromatic nitrogens is 2. The third-order valence-electron chi connectivity index (χ3n) is 4.64. The molecule has 0 saturated carbocycles. The Labute approximate surface area is 167 Å². The van der Waals surface area contributed by atoms with Crippen molar-refractivity contribution in [3.8, 4) is 11.3 Å². The first-order valence-corrected chi connectivity index (χ1v) is 9.35. The average Bonchev–Trinajstić information content (AvgIpc) is 2.75. The van der Waals surface area contributed by atoms with Crippen molar-refractivity contribution in [3.63, 3.8) is 0 Å². The first kappa shape index (κ1) is 18.4. The summed E-state index contributed by atoms with van der Waals surface area (Å²) in [6.45, 7) is 2.83. The van der Waals surface area contributed by atoms with Crippen LogP contribution in [0, 0.1) is 0 Å². The number of halogens is 1. The fraction of sp³-hybridized carbons (Fsp3) is 0.190. The summed E-state index contributed by atoms with van der Waals surface area (Å²) in [4.78, 5) is 24.0. The van der Waals surface area contributed by atoms with Gasteiger partial charge in [-0.2, -0.15) is 0 Å². The van der Waals surface area contributed by atoms with Gasteiger partial charge in [0, 0.05) is 46.7 Å². The quantitative estimate of drug-likeness (QED) is 0.539. The molecule has 7 heteroatoms. The molecule has 1 aliphatic rings. The molecule has 1 fully saturated rings. The number of benzene rings is 2. The molecule has 0 spiro atoms. The fourth-order valence-corrected chi connectivity index (χ4v) is 3.22. The molecule has 3 aromatic rings. The summed E-state index contributed by atoms with van der Waals surface area (Å²) in [6.07, 6.45) is 1.73. The van der Waals surface area contributed by atoms with Crippen LogP contribution in [0.1, 0.15) is 15.9 Å². The van der Waals surface area contributed by atoms with Crippen molar-refractivity contribution in [3.05, 3.63) is 70.9 Å². The number of rotatable bonds is 4. The molecule has 6 nitrogen and oxygen atoms in total. The van der Waals surface area contributed by atoms with Gasteiger partial charge in [0.05, 0.1) is 18.9 Å². The zero-order valence-electron chi connectivity index (χ0n) is 15.1. The molecule has 0 radical (unpaired) electrons. The second-order valence-electron chi connectivity index (χ2n) is 6.48. The Bertz CT molecular complexity index is 1000. The number of nitrogen functional groups attached to an aromatic ring is 1. The summed E-state index contributed by atoms with van der Waals surface area (Å²) in [5.41, 5.74) is 9.02. The van der Waals surface area contributed by atoms with Gasteiger partial charge >= 0.3 is 0 Å². The van der Waals surface area contributed by atoms with Crippen molar-refractivity contribution in [1.82, 2.24) is 9.97 Å². The van der Waals surface area contributed by atoms with E-state index in [1.54, 1.807) is 42.6 Å². The lowest BCUT2D eigenvalue weighted by molar-refractivity contribution is 0.103. The molecule has 0 atom stereocenters. The van der Waals surface area contributed by atoms with Crippen LogP contribution in [-0.4, -0.2) is 42.1 Å².